The number of hydrogen-bond acceptors (Lipinski definition) is 8. The average molecular weight is 423 g/mol. The predicted molar refractivity (Wildman–Crippen MR) is 114 cm³/mol. The third kappa shape index (κ3) is 3.27. The molecule has 4 heterocycles. The van der Waals surface area contributed by atoms with Gasteiger partial charge < -0.3 is 5.73 Å². The van der Waals surface area contributed by atoms with Crippen LogP contribution in [0.15, 0.2) is 61.2 Å². The van der Waals surface area contributed by atoms with Gasteiger partial charge in [0, 0.05) is 18.0 Å². The number of benzene rings is 1. The summed E-state index contributed by atoms with van der Waals surface area (Å²) < 4.78 is 14.1. The van der Waals surface area contributed by atoms with Crippen molar-refractivity contribution >= 4 is 16.9 Å². The molecule has 5 rings (SSSR count). The van der Waals surface area contributed by atoms with Crippen molar-refractivity contribution in [3.63, 3.8) is 0 Å². The normalized spacial score (nSPS) is 10.9. The second-order valence-corrected chi connectivity index (χ2v) is 6.83. The average Bonchev–Trinajstić information content (AvgIpc) is 3.25. The molecule has 4 aromatic heterocycles. The number of hydrogen-bond donors (Lipinski definition) is 1. The summed E-state index contributed by atoms with van der Waals surface area (Å²) in [4.78, 5) is 18.3. The van der Waals surface area contributed by atoms with Gasteiger partial charge in [0.15, 0.2) is 11.3 Å². The van der Waals surface area contributed by atoms with E-state index in [2.05, 4.69) is 36.2 Å². The molecule has 0 bridgehead atoms. The van der Waals surface area contributed by atoms with Crippen molar-refractivity contribution < 1.29 is 4.39 Å². The molecule has 9 nitrogen and oxygen atoms in total. The molecular formula is C22H14FN9. The van der Waals surface area contributed by atoms with Gasteiger partial charge >= 0.3 is 0 Å². The summed E-state index contributed by atoms with van der Waals surface area (Å²) in [6.07, 6.45) is 4.50. The van der Waals surface area contributed by atoms with Crippen molar-refractivity contribution in [2.75, 3.05) is 5.73 Å². The Morgan fingerprint density at radius 3 is 2.62 bits per heavy atom. The standard InChI is InChI=1S/C22H14FN9/c23-15-6-3-8-27-17(15)11-32-30-20-18(16-7-9-26-12-28-16)19(29-22(25)21(20)31-32)14-5-2-1-4-13(14)10-24/h1-9,12H,11H2,(H2,25,29). The first-order valence-electron chi connectivity index (χ1n) is 9.55. The number of nitriles is 1. The Kier molecular flexibility index (Phi) is 4.68. The van der Waals surface area contributed by atoms with E-state index >= 15 is 0 Å². The second-order valence-electron chi connectivity index (χ2n) is 6.83. The van der Waals surface area contributed by atoms with Crippen LogP contribution in [0.5, 0.6) is 0 Å². The molecule has 0 aliphatic heterocycles. The van der Waals surface area contributed by atoms with Gasteiger partial charge in [0.1, 0.15) is 24.2 Å². The minimum Gasteiger partial charge on any atom is -0.382 e. The van der Waals surface area contributed by atoms with Crippen LogP contribution in [-0.4, -0.2) is 34.9 Å². The maximum absolute atomic E-state index is 14.1. The lowest BCUT2D eigenvalue weighted by molar-refractivity contribution is 0.540. The summed E-state index contributed by atoms with van der Waals surface area (Å²) in [5.74, 6) is -0.326. The van der Waals surface area contributed by atoms with E-state index in [4.69, 9.17) is 5.73 Å². The van der Waals surface area contributed by atoms with E-state index in [1.54, 1.807) is 30.5 Å². The Morgan fingerprint density at radius 1 is 1.00 bits per heavy atom. The molecule has 0 amide bonds. The van der Waals surface area contributed by atoms with Crippen LogP contribution in [0.2, 0.25) is 0 Å². The molecule has 5 aromatic rings. The van der Waals surface area contributed by atoms with Gasteiger partial charge in [-0.15, -0.1) is 5.10 Å². The van der Waals surface area contributed by atoms with Crippen LogP contribution in [0.25, 0.3) is 33.5 Å². The minimum absolute atomic E-state index is 0.00806. The fraction of sp³-hybridized carbons (Fsp3) is 0.0455. The highest BCUT2D eigenvalue weighted by Gasteiger charge is 2.23. The summed E-state index contributed by atoms with van der Waals surface area (Å²) in [5.41, 5.74) is 9.74. The number of halogens is 1. The Balaban J connectivity index is 1.78. The van der Waals surface area contributed by atoms with E-state index in [9.17, 15) is 9.65 Å². The molecule has 0 spiro atoms. The molecule has 0 atom stereocenters. The summed E-state index contributed by atoms with van der Waals surface area (Å²) in [5, 5.41) is 18.6. The van der Waals surface area contributed by atoms with Crippen molar-refractivity contribution in [2.24, 2.45) is 0 Å². The van der Waals surface area contributed by atoms with E-state index in [-0.39, 0.29) is 18.1 Å². The van der Waals surface area contributed by atoms with E-state index in [1.807, 2.05) is 6.07 Å². The number of nitrogen functional groups attached to an aromatic ring is 1. The number of anilines is 1. The topological polar surface area (TPSA) is 132 Å². The molecular weight excluding hydrogens is 409 g/mol. The van der Waals surface area contributed by atoms with Gasteiger partial charge in [0.2, 0.25) is 0 Å². The van der Waals surface area contributed by atoms with Crippen LogP contribution in [0.4, 0.5) is 10.2 Å². The SMILES string of the molecule is N#Cc1ccccc1-c1nc(N)c2nn(Cc3ncccc3F)nc2c1-c1ccncn1. The van der Waals surface area contributed by atoms with Gasteiger partial charge in [-0.25, -0.2) is 19.3 Å². The van der Waals surface area contributed by atoms with Gasteiger partial charge in [-0.1, -0.05) is 18.2 Å². The smallest absolute Gasteiger partial charge is 0.156 e. The Morgan fingerprint density at radius 2 is 1.84 bits per heavy atom. The Bertz CT molecular complexity index is 1490. The first-order valence-corrected chi connectivity index (χ1v) is 9.55. The third-order valence-electron chi connectivity index (χ3n) is 4.87. The van der Waals surface area contributed by atoms with Crippen LogP contribution in [0, 0.1) is 17.1 Å². The molecule has 154 valence electrons. The molecule has 32 heavy (non-hydrogen) atoms. The number of pyridine rings is 2. The van der Waals surface area contributed by atoms with Crippen LogP contribution < -0.4 is 5.73 Å². The van der Waals surface area contributed by atoms with Crippen molar-refractivity contribution in [1.29, 1.82) is 5.26 Å². The largest absolute Gasteiger partial charge is 0.382 e. The molecule has 0 aliphatic rings. The summed E-state index contributed by atoms with van der Waals surface area (Å²) >= 11 is 0. The van der Waals surface area contributed by atoms with Gasteiger partial charge in [0.25, 0.3) is 0 Å². The fourth-order valence-electron chi connectivity index (χ4n) is 3.43. The van der Waals surface area contributed by atoms with Gasteiger partial charge in [0.05, 0.1) is 34.3 Å². The molecule has 2 N–H and O–H groups in total. The van der Waals surface area contributed by atoms with Gasteiger partial charge in [-0.3, -0.25) is 4.98 Å². The second kappa shape index (κ2) is 7.81. The monoisotopic (exact) mass is 423 g/mol. The highest BCUT2D eigenvalue weighted by Crippen LogP contribution is 2.37. The zero-order valence-corrected chi connectivity index (χ0v) is 16.5. The lowest BCUT2D eigenvalue weighted by Gasteiger charge is -2.11. The first kappa shape index (κ1) is 19.2. The number of nitrogens with two attached hydrogens (primary N) is 1. The number of fused-ring (bicyclic) bond motifs is 1. The summed E-state index contributed by atoms with van der Waals surface area (Å²) in [7, 11) is 0. The van der Waals surface area contributed by atoms with Crippen molar-refractivity contribution in [2.45, 2.75) is 6.54 Å². The van der Waals surface area contributed by atoms with Gasteiger partial charge in [-0.05, 0) is 24.3 Å². The number of rotatable bonds is 4. The first-order chi connectivity index (χ1) is 15.7. The van der Waals surface area contributed by atoms with E-state index < -0.39 is 5.82 Å². The van der Waals surface area contributed by atoms with E-state index in [0.29, 0.717) is 39.1 Å². The lowest BCUT2D eigenvalue weighted by Crippen LogP contribution is -2.07. The molecule has 10 heteroatoms. The minimum atomic E-state index is -0.459. The molecule has 0 fully saturated rings. The molecule has 0 saturated heterocycles. The molecule has 0 unspecified atom stereocenters. The highest BCUT2D eigenvalue weighted by atomic mass is 19.1. The van der Waals surface area contributed by atoms with E-state index in [0.717, 1.165) is 0 Å². The van der Waals surface area contributed by atoms with Crippen molar-refractivity contribution in [3.8, 4) is 28.6 Å². The molecule has 0 aliphatic carbocycles. The molecule has 0 radical (unpaired) electrons. The Labute approximate surface area is 181 Å². The molecule has 1 aromatic carbocycles. The van der Waals surface area contributed by atoms with Crippen LogP contribution in [-0.2, 0) is 6.54 Å². The third-order valence-corrected chi connectivity index (χ3v) is 4.87. The summed E-state index contributed by atoms with van der Waals surface area (Å²) in [6, 6.07) is 13.8. The fourth-order valence-corrected chi connectivity index (χ4v) is 3.43. The van der Waals surface area contributed by atoms with Crippen molar-refractivity contribution in [1.82, 2.24) is 34.9 Å². The van der Waals surface area contributed by atoms with Crippen LogP contribution >= 0.6 is 0 Å². The zero-order valence-electron chi connectivity index (χ0n) is 16.5. The maximum atomic E-state index is 14.1. The van der Waals surface area contributed by atoms with Crippen LogP contribution in [0.1, 0.15) is 11.3 Å². The van der Waals surface area contributed by atoms with Crippen LogP contribution in [0.3, 0.4) is 0 Å². The van der Waals surface area contributed by atoms with E-state index in [1.165, 1.54) is 29.5 Å². The molecule has 0 saturated carbocycles. The number of aromatic nitrogens is 7. The maximum Gasteiger partial charge on any atom is 0.156 e. The quantitative estimate of drug-likeness (QED) is 0.466. The summed E-state index contributed by atoms with van der Waals surface area (Å²) in [6.45, 7) is 0.00806. The number of nitrogens with zero attached hydrogens (tertiary/aromatic N) is 8. The predicted octanol–water partition coefficient (Wildman–Crippen LogP) is 2.99. The lowest BCUT2D eigenvalue weighted by atomic mass is 9.98. The highest BCUT2D eigenvalue weighted by molar-refractivity contribution is 6.02. The zero-order chi connectivity index (χ0) is 22.1. The van der Waals surface area contributed by atoms with Crippen molar-refractivity contribution in [3.05, 3.63) is 78.3 Å². The van der Waals surface area contributed by atoms with Gasteiger partial charge in [-0.2, -0.15) is 15.2 Å². The Hall–Kier alpha value is -4.78.